The van der Waals surface area contributed by atoms with Gasteiger partial charge in [0.15, 0.2) is 0 Å². The zero-order valence-corrected chi connectivity index (χ0v) is 11.5. The molecule has 0 spiro atoms. The van der Waals surface area contributed by atoms with Gasteiger partial charge in [-0.15, -0.1) is 0 Å². The van der Waals surface area contributed by atoms with Gasteiger partial charge in [-0.2, -0.15) is 0 Å². The summed E-state index contributed by atoms with van der Waals surface area (Å²) in [6, 6.07) is 4.43. The van der Waals surface area contributed by atoms with Crippen molar-refractivity contribution in [3.63, 3.8) is 0 Å². The zero-order chi connectivity index (χ0) is 12.5. The lowest BCUT2D eigenvalue weighted by Gasteiger charge is -2.13. The van der Waals surface area contributed by atoms with Crippen LogP contribution in [-0.2, 0) is 17.8 Å². The van der Waals surface area contributed by atoms with Crippen molar-refractivity contribution in [1.29, 1.82) is 0 Å². The molecular weight excluding hydrogens is 296 g/mol. The molecule has 96 valence electrons. The molecule has 0 radical (unpaired) electrons. The van der Waals surface area contributed by atoms with Gasteiger partial charge < -0.3 is 15.4 Å². The van der Waals surface area contributed by atoms with Gasteiger partial charge in [-0.25, -0.2) is 0 Å². The van der Waals surface area contributed by atoms with Crippen LogP contribution in [0.5, 0.6) is 5.75 Å². The van der Waals surface area contributed by atoms with Crippen molar-refractivity contribution in [1.82, 2.24) is 10.6 Å². The molecule has 2 aliphatic heterocycles. The van der Waals surface area contributed by atoms with Crippen molar-refractivity contribution in [3.05, 3.63) is 27.7 Å². The number of amides is 1. The zero-order valence-electron chi connectivity index (χ0n) is 9.96. The number of carbonyl (C=O) groups is 1. The van der Waals surface area contributed by atoms with E-state index in [0.29, 0.717) is 6.42 Å². The molecule has 0 aliphatic carbocycles. The van der Waals surface area contributed by atoms with Gasteiger partial charge in [-0.3, -0.25) is 4.79 Å². The summed E-state index contributed by atoms with van der Waals surface area (Å²) in [5.41, 5.74) is 2.43. The van der Waals surface area contributed by atoms with Crippen LogP contribution in [0.4, 0.5) is 0 Å². The fourth-order valence-electron chi connectivity index (χ4n) is 2.48. The fourth-order valence-corrected chi connectivity index (χ4v) is 3.03. The number of halogens is 1. The summed E-state index contributed by atoms with van der Waals surface area (Å²) in [5, 5.41) is 6.23. The van der Waals surface area contributed by atoms with Crippen molar-refractivity contribution >= 4 is 21.8 Å². The van der Waals surface area contributed by atoms with E-state index in [-0.39, 0.29) is 11.9 Å². The number of hydrogen-bond acceptors (Lipinski definition) is 3. The van der Waals surface area contributed by atoms with Crippen LogP contribution in [-0.4, -0.2) is 25.1 Å². The third kappa shape index (κ3) is 2.37. The van der Waals surface area contributed by atoms with Gasteiger partial charge in [-0.05, 0) is 17.7 Å². The predicted molar refractivity (Wildman–Crippen MR) is 71.6 cm³/mol. The smallest absolute Gasteiger partial charge is 0.221 e. The van der Waals surface area contributed by atoms with Crippen LogP contribution in [0.15, 0.2) is 16.6 Å². The van der Waals surface area contributed by atoms with E-state index in [2.05, 4.69) is 38.7 Å². The molecule has 1 aromatic rings. The number of nitrogens with one attached hydrogen (secondary N) is 2. The van der Waals surface area contributed by atoms with Crippen LogP contribution in [0.3, 0.4) is 0 Å². The monoisotopic (exact) mass is 310 g/mol. The summed E-state index contributed by atoms with van der Waals surface area (Å²) in [6.45, 7) is 2.22. The number of fused-ring (bicyclic) bond motifs is 1. The molecular formula is C13H15BrN2O2. The normalized spacial score (nSPS) is 21.6. The third-order valence-corrected chi connectivity index (χ3v) is 3.84. The van der Waals surface area contributed by atoms with Gasteiger partial charge in [0.05, 0.1) is 6.61 Å². The highest BCUT2D eigenvalue weighted by Crippen LogP contribution is 2.32. The average Bonchev–Trinajstić information content (AvgIpc) is 2.94. The second-order valence-electron chi connectivity index (χ2n) is 4.74. The van der Waals surface area contributed by atoms with Crippen LogP contribution in [0.1, 0.15) is 17.5 Å². The van der Waals surface area contributed by atoms with Gasteiger partial charge in [0.2, 0.25) is 5.91 Å². The summed E-state index contributed by atoms with van der Waals surface area (Å²) >= 11 is 3.53. The van der Waals surface area contributed by atoms with Crippen molar-refractivity contribution in [2.24, 2.45) is 0 Å². The Morgan fingerprint density at radius 1 is 1.50 bits per heavy atom. The fraction of sp³-hybridized carbons (Fsp3) is 0.462. The maximum Gasteiger partial charge on any atom is 0.221 e. The first-order valence-electron chi connectivity index (χ1n) is 6.16. The highest BCUT2D eigenvalue weighted by atomic mass is 79.9. The van der Waals surface area contributed by atoms with Gasteiger partial charge in [0.25, 0.3) is 0 Å². The van der Waals surface area contributed by atoms with E-state index in [0.717, 1.165) is 41.9 Å². The molecule has 0 saturated carbocycles. The summed E-state index contributed by atoms with van der Waals surface area (Å²) < 4.78 is 6.76. The van der Waals surface area contributed by atoms with E-state index < -0.39 is 0 Å². The van der Waals surface area contributed by atoms with Crippen LogP contribution in [0, 0.1) is 0 Å². The molecule has 5 heteroatoms. The second-order valence-corrected chi connectivity index (χ2v) is 5.65. The molecule has 1 aromatic carbocycles. The molecule has 18 heavy (non-hydrogen) atoms. The van der Waals surface area contributed by atoms with E-state index in [1.165, 1.54) is 5.56 Å². The van der Waals surface area contributed by atoms with E-state index in [9.17, 15) is 4.79 Å². The van der Waals surface area contributed by atoms with Crippen molar-refractivity contribution in [2.45, 2.75) is 25.4 Å². The highest BCUT2D eigenvalue weighted by molar-refractivity contribution is 9.10. The maximum absolute atomic E-state index is 11.1. The lowest BCUT2D eigenvalue weighted by Crippen LogP contribution is -2.30. The molecule has 2 N–H and O–H groups in total. The first-order valence-corrected chi connectivity index (χ1v) is 6.96. The van der Waals surface area contributed by atoms with Gasteiger partial charge in [0, 0.05) is 42.0 Å². The number of hydrogen-bond donors (Lipinski definition) is 2. The molecule has 3 rings (SSSR count). The predicted octanol–water partition coefficient (Wildman–Crippen LogP) is 1.36. The molecule has 2 aliphatic rings. The largest absolute Gasteiger partial charge is 0.493 e. The Labute approximate surface area is 114 Å². The van der Waals surface area contributed by atoms with Crippen molar-refractivity contribution < 1.29 is 9.53 Å². The van der Waals surface area contributed by atoms with E-state index in [4.69, 9.17) is 4.74 Å². The first-order chi connectivity index (χ1) is 8.72. The maximum atomic E-state index is 11.1. The molecule has 0 bridgehead atoms. The summed E-state index contributed by atoms with van der Waals surface area (Å²) in [7, 11) is 0. The summed E-state index contributed by atoms with van der Waals surface area (Å²) in [6.07, 6.45) is 1.54. The topological polar surface area (TPSA) is 50.4 Å². The minimum Gasteiger partial charge on any atom is -0.493 e. The Morgan fingerprint density at radius 3 is 3.17 bits per heavy atom. The van der Waals surface area contributed by atoms with Gasteiger partial charge >= 0.3 is 0 Å². The number of rotatable bonds is 3. The molecule has 1 fully saturated rings. The molecule has 1 saturated heterocycles. The molecule has 0 aromatic heterocycles. The first kappa shape index (κ1) is 12.0. The van der Waals surface area contributed by atoms with Gasteiger partial charge in [-0.1, -0.05) is 15.9 Å². The molecule has 1 atom stereocenters. The standard InChI is InChI=1S/C13H15BrN2O2/c14-10-3-8-1-2-18-13(8)9(4-10)6-15-11-5-12(17)16-7-11/h3-4,11,15H,1-2,5-7H2,(H,16,17). The lowest BCUT2D eigenvalue weighted by molar-refractivity contribution is -0.119. The Kier molecular flexibility index (Phi) is 3.26. The van der Waals surface area contributed by atoms with Gasteiger partial charge in [0.1, 0.15) is 5.75 Å². The highest BCUT2D eigenvalue weighted by Gasteiger charge is 2.22. The second kappa shape index (κ2) is 4.90. The Bertz CT molecular complexity index is 490. The number of benzene rings is 1. The third-order valence-electron chi connectivity index (χ3n) is 3.38. The van der Waals surface area contributed by atoms with Crippen molar-refractivity contribution in [3.8, 4) is 5.75 Å². The molecule has 1 amide bonds. The quantitative estimate of drug-likeness (QED) is 0.886. The number of carbonyl (C=O) groups excluding carboxylic acids is 1. The van der Waals surface area contributed by atoms with Crippen LogP contribution in [0.25, 0.3) is 0 Å². The number of ether oxygens (including phenoxy) is 1. The minimum atomic E-state index is 0.128. The Balaban J connectivity index is 1.71. The summed E-state index contributed by atoms with van der Waals surface area (Å²) in [5.74, 6) is 1.14. The summed E-state index contributed by atoms with van der Waals surface area (Å²) in [4.78, 5) is 11.1. The average molecular weight is 311 g/mol. The van der Waals surface area contributed by atoms with Crippen molar-refractivity contribution in [2.75, 3.05) is 13.2 Å². The van der Waals surface area contributed by atoms with E-state index >= 15 is 0 Å². The lowest BCUT2D eigenvalue weighted by atomic mass is 10.1. The minimum absolute atomic E-state index is 0.128. The molecule has 4 nitrogen and oxygen atoms in total. The SMILES string of the molecule is O=C1CC(NCc2cc(Br)cc3c2OCC3)CN1. The molecule has 1 unspecified atom stereocenters. The van der Waals surface area contributed by atoms with Crippen LogP contribution in [0.2, 0.25) is 0 Å². The Morgan fingerprint density at radius 2 is 2.39 bits per heavy atom. The van der Waals surface area contributed by atoms with E-state index in [1.807, 2.05) is 0 Å². The van der Waals surface area contributed by atoms with Crippen LogP contribution < -0.4 is 15.4 Å². The molecule has 2 heterocycles. The van der Waals surface area contributed by atoms with Crippen LogP contribution >= 0.6 is 15.9 Å². The Hall–Kier alpha value is -1.07. The van der Waals surface area contributed by atoms with E-state index in [1.54, 1.807) is 0 Å².